The number of amides is 2. The Balaban J connectivity index is 1.05. The van der Waals surface area contributed by atoms with E-state index in [2.05, 4.69) is 10.6 Å². The van der Waals surface area contributed by atoms with Crippen LogP contribution in [0.5, 0.6) is 0 Å². The van der Waals surface area contributed by atoms with Gasteiger partial charge in [0.1, 0.15) is 140 Å². The first kappa shape index (κ1) is 66.7. The van der Waals surface area contributed by atoms with Gasteiger partial charge in [-0.15, -0.1) is 0 Å². The fourth-order valence-electron chi connectivity index (χ4n) is 11.0. The summed E-state index contributed by atoms with van der Waals surface area (Å²) in [7, 11) is 0. The summed E-state index contributed by atoms with van der Waals surface area (Å²) in [5.41, 5.74) is 0.818. The van der Waals surface area contributed by atoms with Crippen molar-refractivity contribution in [2.75, 3.05) is 46.2 Å². The molecule has 0 spiro atoms. The first-order valence-corrected chi connectivity index (χ1v) is 27.6. The van der Waals surface area contributed by atoms with Gasteiger partial charge < -0.3 is 154 Å². The molecule has 0 aromatic heterocycles. The highest BCUT2D eigenvalue weighted by molar-refractivity contribution is 5.91. The van der Waals surface area contributed by atoms with Gasteiger partial charge in [0, 0.05) is 19.0 Å². The van der Waals surface area contributed by atoms with Crippen molar-refractivity contribution in [1.29, 1.82) is 0 Å². The van der Waals surface area contributed by atoms with E-state index in [0.29, 0.717) is 12.8 Å². The average molecular weight is 1220 g/mol. The number of carbonyl (C=O) groups is 2. The fourth-order valence-corrected chi connectivity index (χ4v) is 11.0. The quantitative estimate of drug-likeness (QED) is 0.0573. The summed E-state index contributed by atoms with van der Waals surface area (Å²) in [5, 5.41) is 195. The van der Waals surface area contributed by atoms with Crippen LogP contribution in [0.3, 0.4) is 0 Å². The SMILES string of the molecule is O=C(/C=C/c1ccccc1)NCCCCCC(=O)N[C@@H]1[C@@H](O)[C@H]2O[C@H]3[C@H](O)[C@@H](O)[C@@H](O[C@H]4[C@H](O)[C@@H](O)[C@@H](O[C@H]5[C@H](O)[C@@H](O)[C@@H](O[C@H]6[C@H](O)[C@@H](O)[C@@H](O[C@H]7[C@H](O)[C@@H](O)[C@@H](O[C@@H]1[C@@H](CO)O2)O[C@@H]7CO)O[C@@H]6CO)O[C@@H]5CO)O[C@@H]4CO)O[C@@H]3CO. The molecule has 0 saturated carbocycles. The zero-order valence-corrected chi connectivity index (χ0v) is 45.0. The molecule has 1 aromatic carbocycles. The van der Waals surface area contributed by atoms with Crippen LogP contribution < -0.4 is 10.6 Å². The molecule has 22 aliphatic rings. The number of rotatable bonds is 15. The van der Waals surface area contributed by atoms with Crippen molar-refractivity contribution in [3.63, 3.8) is 0 Å². The van der Waals surface area contributed by atoms with E-state index >= 15 is 0 Å². The summed E-state index contributed by atoms with van der Waals surface area (Å²) in [6.45, 7) is -5.90. The summed E-state index contributed by atoms with van der Waals surface area (Å²) >= 11 is 0. The minimum absolute atomic E-state index is 0.212. The van der Waals surface area contributed by atoms with Gasteiger partial charge in [-0.2, -0.15) is 0 Å². The number of benzene rings is 1. The molecule has 30 atom stereocenters. The molecule has 12 bridgehead atoms. The van der Waals surface area contributed by atoms with Crippen molar-refractivity contribution in [2.45, 2.75) is 210 Å². The monoisotopic (exact) mass is 1210 g/mol. The molecule has 1 aromatic rings. The second-order valence-corrected chi connectivity index (χ2v) is 21.3. The van der Waals surface area contributed by atoms with E-state index in [0.717, 1.165) is 5.56 Å². The minimum atomic E-state index is -2.21. The summed E-state index contributed by atoms with van der Waals surface area (Å²) in [6, 6.07) is 7.38. The number of hydrogen-bond acceptors (Lipinski definition) is 31. The Labute approximate surface area is 478 Å². The lowest BCUT2D eigenvalue weighted by Crippen LogP contribution is -2.70. The largest absolute Gasteiger partial charge is 0.394 e. The number of hydrogen-bond donors (Lipinski definition) is 19. The Morgan fingerprint density at radius 1 is 0.381 bits per heavy atom. The lowest BCUT2D eigenvalue weighted by Gasteiger charge is -2.51. The topological polar surface area (TPSA) is 513 Å². The van der Waals surface area contributed by atoms with E-state index in [-0.39, 0.29) is 25.3 Å². The summed E-state index contributed by atoms with van der Waals surface area (Å²) in [4.78, 5) is 26.2. The number of aliphatic hydroxyl groups is 17. The van der Waals surface area contributed by atoms with Gasteiger partial charge in [-0.1, -0.05) is 36.8 Å². The smallest absolute Gasteiger partial charge is 0.243 e. The molecule has 0 radical (unpaired) electrons. The highest BCUT2D eigenvalue weighted by atomic mass is 16.8. The zero-order valence-electron chi connectivity index (χ0n) is 45.0. The lowest BCUT2D eigenvalue weighted by atomic mass is 9.93. The fraction of sp³-hybridized carbons (Fsp3) is 0.804. The highest BCUT2D eigenvalue weighted by Crippen LogP contribution is 2.38. The van der Waals surface area contributed by atoms with Gasteiger partial charge in [0.05, 0.1) is 45.7 Å². The van der Waals surface area contributed by atoms with Crippen LogP contribution in [0.1, 0.15) is 31.2 Å². The highest BCUT2D eigenvalue weighted by Gasteiger charge is 2.59. The van der Waals surface area contributed by atoms with Gasteiger partial charge in [0.2, 0.25) is 11.8 Å². The van der Waals surface area contributed by atoms with E-state index < -0.39 is 230 Å². The van der Waals surface area contributed by atoms with Crippen LogP contribution in [0.25, 0.3) is 6.08 Å². The number of nitrogens with one attached hydrogen (secondary N) is 2. The van der Waals surface area contributed by atoms with E-state index in [4.69, 9.17) is 56.8 Å². The second kappa shape index (κ2) is 30.3. The van der Waals surface area contributed by atoms with Crippen LogP contribution in [0.4, 0.5) is 0 Å². The van der Waals surface area contributed by atoms with Gasteiger partial charge in [0.15, 0.2) is 37.7 Å². The van der Waals surface area contributed by atoms with Crippen LogP contribution in [-0.4, -0.2) is 329 Å². The van der Waals surface area contributed by atoms with Crippen molar-refractivity contribution < 1.29 is 153 Å². The maximum absolute atomic E-state index is 13.8. The van der Waals surface area contributed by atoms with Crippen molar-refractivity contribution in [3.8, 4) is 0 Å². The molecule has 19 N–H and O–H groups in total. The molecule has 33 nitrogen and oxygen atoms in total. The Morgan fingerprint density at radius 3 is 1.02 bits per heavy atom. The van der Waals surface area contributed by atoms with E-state index in [9.17, 15) is 96.4 Å². The molecule has 23 rings (SSSR count). The molecule has 22 saturated heterocycles. The lowest BCUT2D eigenvalue weighted by molar-refractivity contribution is -0.401. The Morgan fingerprint density at radius 2 is 0.690 bits per heavy atom. The van der Waals surface area contributed by atoms with Crippen molar-refractivity contribution in [1.82, 2.24) is 10.6 Å². The molecule has 2 amide bonds. The second-order valence-electron chi connectivity index (χ2n) is 21.3. The molecular weight excluding hydrogens is 1140 g/mol. The van der Waals surface area contributed by atoms with E-state index in [1.807, 2.05) is 30.3 Å². The van der Waals surface area contributed by atoms with Crippen LogP contribution in [0.2, 0.25) is 0 Å². The van der Waals surface area contributed by atoms with Crippen LogP contribution in [-0.2, 0) is 66.4 Å². The summed E-state index contributed by atoms with van der Waals surface area (Å²) in [5.74, 6) is -1.09. The Bertz CT molecular complexity index is 2220. The van der Waals surface area contributed by atoms with E-state index in [1.54, 1.807) is 6.08 Å². The van der Waals surface area contributed by atoms with Crippen molar-refractivity contribution in [2.24, 2.45) is 0 Å². The standard InChI is InChI=1S/C51H78N2O31/c54-13-20-40-28(53-27(61)9-5-2-6-12-52-26(60)11-10-19-7-3-1-4-8-19)29(62)46(73-20)80-41-21(14-55)75-48(36(69)31(41)64)82-43-23(16-57)77-50(38(71)33(43)66)84-45-25(18-59)78-51(39(72)34(45)67)83-44-24(17-58)76-49(37(70)32(44)65)81-42-22(15-56)74-47(79-40)35(68)30(42)63/h1,3-4,7-8,10-11,20-25,28-51,54-59,62-72H,2,5-6,9,12-18H2,(H,52,60)(H,53,61)/b11-10+/t20-,21-,22-,23-,24-,25-,28-,29-,30-,31-,32-,33-,34-,35-,36-,37-,38-,39-,40-,41-,42-,43-,44-,45-,46-,47-,48-,49-,50-,51-/m1/s1. The molecule has 22 aliphatic heterocycles. The van der Waals surface area contributed by atoms with Crippen LogP contribution >= 0.6 is 0 Å². The van der Waals surface area contributed by atoms with Crippen LogP contribution in [0, 0.1) is 0 Å². The average Bonchev–Trinajstić information content (AvgIpc) is 3.57. The molecule has 84 heavy (non-hydrogen) atoms. The number of carbonyl (C=O) groups excluding carboxylic acids is 2. The molecule has 478 valence electrons. The molecule has 0 unspecified atom stereocenters. The van der Waals surface area contributed by atoms with Crippen molar-refractivity contribution in [3.05, 3.63) is 42.0 Å². The summed E-state index contributed by atoms with van der Waals surface area (Å²) < 4.78 is 69.8. The van der Waals surface area contributed by atoms with Gasteiger partial charge >= 0.3 is 0 Å². The third kappa shape index (κ3) is 14.9. The Kier molecular flexibility index (Phi) is 24.1. The van der Waals surface area contributed by atoms with Crippen LogP contribution in [0.15, 0.2) is 36.4 Å². The predicted molar refractivity (Wildman–Crippen MR) is 269 cm³/mol. The summed E-state index contributed by atoms with van der Waals surface area (Å²) in [6.07, 6.45) is -53.5. The predicted octanol–water partition coefficient (Wildman–Crippen LogP) is -10.5. The maximum Gasteiger partial charge on any atom is 0.243 e. The normalized spacial score (nSPS) is 45.9. The molecule has 33 heteroatoms. The van der Waals surface area contributed by atoms with Gasteiger partial charge in [0.25, 0.3) is 0 Å². The maximum atomic E-state index is 13.8. The number of aliphatic hydroxyl groups excluding tert-OH is 17. The zero-order chi connectivity index (χ0) is 60.7. The molecule has 22 fully saturated rings. The first-order valence-electron chi connectivity index (χ1n) is 27.6. The third-order valence-corrected chi connectivity index (χ3v) is 15.6. The van der Waals surface area contributed by atoms with Gasteiger partial charge in [-0.3, -0.25) is 9.59 Å². The molecule has 0 aliphatic carbocycles. The van der Waals surface area contributed by atoms with Gasteiger partial charge in [-0.05, 0) is 24.5 Å². The number of ether oxygens (including phenoxy) is 12. The third-order valence-electron chi connectivity index (χ3n) is 15.6. The molecule has 22 heterocycles. The molecular formula is C51H78N2O31. The van der Waals surface area contributed by atoms with Crippen molar-refractivity contribution >= 4 is 17.9 Å². The van der Waals surface area contributed by atoms with E-state index in [1.165, 1.54) is 6.08 Å². The number of unbranched alkanes of at least 4 members (excludes halogenated alkanes) is 2. The van der Waals surface area contributed by atoms with Gasteiger partial charge in [-0.25, -0.2) is 0 Å². The Hall–Kier alpha value is -3.26. The minimum Gasteiger partial charge on any atom is -0.394 e. The first-order chi connectivity index (χ1) is 40.3.